The molecule has 0 saturated carbocycles. The molecule has 28 heavy (non-hydrogen) atoms. The lowest BCUT2D eigenvalue weighted by Crippen LogP contribution is -2.22. The van der Waals surface area contributed by atoms with E-state index in [9.17, 15) is 23.1 Å². The molecule has 0 bridgehead atoms. The molecular formula is C18H16F3N3O3S. The van der Waals surface area contributed by atoms with E-state index < -0.39 is 12.8 Å². The average Bonchev–Trinajstić information content (AvgIpc) is 2.66. The topological polar surface area (TPSA) is 77.2 Å². The summed E-state index contributed by atoms with van der Waals surface area (Å²) in [4.78, 5) is 21.6. The van der Waals surface area contributed by atoms with Crippen LogP contribution in [0.1, 0.15) is 12.6 Å². The Kier molecular flexibility index (Phi) is 5.90. The molecule has 3 rings (SSSR count). The number of aliphatic hydroxyl groups is 1. The van der Waals surface area contributed by atoms with Crippen LogP contribution in [-0.4, -0.2) is 38.2 Å². The number of thioether (sulfide) groups is 1. The van der Waals surface area contributed by atoms with E-state index in [0.717, 1.165) is 0 Å². The predicted octanol–water partition coefficient (Wildman–Crippen LogP) is 3.33. The average molecular weight is 411 g/mol. The van der Waals surface area contributed by atoms with Gasteiger partial charge in [0.05, 0.1) is 23.4 Å². The molecule has 0 radical (unpaired) electrons. The molecule has 0 fully saturated rings. The summed E-state index contributed by atoms with van der Waals surface area (Å²) in [6.07, 6.45) is -4.43. The summed E-state index contributed by atoms with van der Waals surface area (Å²) < 4.78 is 42.9. The molecule has 0 saturated heterocycles. The van der Waals surface area contributed by atoms with Crippen LogP contribution in [0, 0.1) is 0 Å². The summed E-state index contributed by atoms with van der Waals surface area (Å²) >= 11 is 1.33. The molecule has 2 heterocycles. The first-order chi connectivity index (χ1) is 13.3. The number of pyridine rings is 1. The summed E-state index contributed by atoms with van der Waals surface area (Å²) in [5.41, 5.74) is 0.715. The zero-order valence-corrected chi connectivity index (χ0v) is 15.5. The molecule has 10 heteroatoms. The van der Waals surface area contributed by atoms with Gasteiger partial charge < -0.3 is 9.84 Å². The van der Waals surface area contributed by atoms with Crippen molar-refractivity contribution in [3.8, 4) is 11.4 Å². The molecule has 148 valence electrons. The van der Waals surface area contributed by atoms with Gasteiger partial charge in [0.1, 0.15) is 5.75 Å². The third-order valence-electron chi connectivity index (χ3n) is 3.69. The van der Waals surface area contributed by atoms with Crippen molar-refractivity contribution in [1.82, 2.24) is 14.5 Å². The minimum absolute atomic E-state index is 0.0434. The summed E-state index contributed by atoms with van der Waals surface area (Å²) in [6, 6.07) is 8.81. The Morgan fingerprint density at radius 2 is 1.86 bits per heavy atom. The van der Waals surface area contributed by atoms with E-state index in [1.54, 1.807) is 6.07 Å². The van der Waals surface area contributed by atoms with Gasteiger partial charge in [0.25, 0.3) is 5.56 Å². The van der Waals surface area contributed by atoms with E-state index in [1.165, 1.54) is 46.7 Å². The highest BCUT2D eigenvalue weighted by atomic mass is 32.2. The smallest absolute Gasteiger partial charge is 0.422 e. The van der Waals surface area contributed by atoms with Gasteiger partial charge in [-0.25, -0.2) is 9.97 Å². The normalized spacial score (nSPS) is 11.8. The zero-order chi connectivity index (χ0) is 20.3. The predicted molar refractivity (Wildman–Crippen MR) is 99.0 cm³/mol. The fourth-order valence-electron chi connectivity index (χ4n) is 2.49. The maximum absolute atomic E-state index is 13.0. The Labute approximate surface area is 162 Å². The maximum atomic E-state index is 13.0. The second-order valence-electron chi connectivity index (χ2n) is 5.70. The minimum Gasteiger partial charge on any atom is -0.484 e. The Hall–Kier alpha value is -2.59. The lowest BCUT2D eigenvalue weighted by atomic mass is 10.2. The molecule has 0 spiro atoms. The van der Waals surface area contributed by atoms with E-state index in [-0.39, 0.29) is 28.9 Å². The van der Waals surface area contributed by atoms with E-state index in [0.29, 0.717) is 22.3 Å². The summed E-state index contributed by atoms with van der Waals surface area (Å²) in [6.45, 7) is 0.243. The van der Waals surface area contributed by atoms with Crippen LogP contribution >= 0.6 is 11.8 Å². The van der Waals surface area contributed by atoms with Crippen molar-refractivity contribution < 1.29 is 23.0 Å². The molecule has 1 aromatic carbocycles. The van der Waals surface area contributed by atoms with E-state index in [1.807, 2.05) is 6.92 Å². The molecule has 2 aromatic heterocycles. The Balaban J connectivity index is 2.04. The lowest BCUT2D eigenvalue weighted by molar-refractivity contribution is -0.153. The summed E-state index contributed by atoms with van der Waals surface area (Å²) in [5.74, 6) is 0.687. The van der Waals surface area contributed by atoms with Gasteiger partial charge >= 0.3 is 6.18 Å². The van der Waals surface area contributed by atoms with Gasteiger partial charge in [-0.1, -0.05) is 18.7 Å². The molecule has 0 amide bonds. The Bertz CT molecular complexity index is 1040. The fraction of sp³-hybridized carbons (Fsp3) is 0.278. The van der Waals surface area contributed by atoms with Gasteiger partial charge in [0.15, 0.2) is 17.4 Å². The van der Waals surface area contributed by atoms with Crippen molar-refractivity contribution >= 4 is 22.8 Å². The number of benzene rings is 1. The highest BCUT2D eigenvalue weighted by Gasteiger charge is 2.28. The highest BCUT2D eigenvalue weighted by Crippen LogP contribution is 2.23. The molecule has 0 aliphatic rings. The number of nitrogens with zero attached hydrogens (tertiary/aromatic N) is 3. The molecule has 1 N–H and O–H groups in total. The quantitative estimate of drug-likeness (QED) is 0.495. The van der Waals surface area contributed by atoms with Crippen LogP contribution in [0.25, 0.3) is 16.7 Å². The number of aromatic nitrogens is 3. The lowest BCUT2D eigenvalue weighted by Gasteiger charge is -2.14. The third-order valence-corrected chi connectivity index (χ3v) is 4.51. The second-order valence-corrected chi connectivity index (χ2v) is 6.93. The minimum atomic E-state index is -4.43. The molecule has 0 aliphatic heterocycles. The Morgan fingerprint density at radius 1 is 1.14 bits per heavy atom. The van der Waals surface area contributed by atoms with Crippen LogP contribution in [-0.2, 0) is 6.61 Å². The molecule has 0 unspecified atom stereocenters. The Morgan fingerprint density at radius 3 is 2.46 bits per heavy atom. The van der Waals surface area contributed by atoms with Crippen molar-refractivity contribution in [2.24, 2.45) is 0 Å². The summed E-state index contributed by atoms with van der Waals surface area (Å²) in [5, 5.41) is 9.90. The largest absolute Gasteiger partial charge is 0.484 e. The van der Waals surface area contributed by atoms with Crippen LogP contribution in [0.3, 0.4) is 0 Å². The molecular weight excluding hydrogens is 395 g/mol. The van der Waals surface area contributed by atoms with E-state index >= 15 is 0 Å². The number of hydrogen-bond acceptors (Lipinski definition) is 6. The van der Waals surface area contributed by atoms with Crippen molar-refractivity contribution in [2.75, 3.05) is 12.4 Å². The number of hydrogen-bond donors (Lipinski definition) is 1. The zero-order valence-electron chi connectivity index (χ0n) is 14.7. The van der Waals surface area contributed by atoms with Gasteiger partial charge in [0, 0.05) is 0 Å². The van der Waals surface area contributed by atoms with Gasteiger partial charge in [-0.2, -0.15) is 13.2 Å². The van der Waals surface area contributed by atoms with Crippen molar-refractivity contribution in [3.05, 3.63) is 52.4 Å². The first-order valence-electron chi connectivity index (χ1n) is 8.28. The van der Waals surface area contributed by atoms with Gasteiger partial charge in [-0.15, -0.1) is 0 Å². The first kappa shape index (κ1) is 20.2. The molecule has 6 nitrogen and oxygen atoms in total. The van der Waals surface area contributed by atoms with Crippen molar-refractivity contribution in [3.63, 3.8) is 0 Å². The monoisotopic (exact) mass is 411 g/mol. The number of alkyl halides is 3. The molecule has 0 aliphatic carbocycles. The first-order valence-corrected chi connectivity index (χ1v) is 9.27. The van der Waals surface area contributed by atoms with Crippen LogP contribution in [0.4, 0.5) is 13.2 Å². The number of ether oxygens (including phenoxy) is 1. The number of aliphatic hydroxyl groups excluding tert-OH is 1. The maximum Gasteiger partial charge on any atom is 0.422 e. The standard InChI is InChI=1S/C18H16F3N3O3S/c1-2-28-17-23-15-14(8-3-11(9-25)22-15)16(26)24(17)12-4-6-13(7-5-12)27-10-18(19,20)21/h3-8,25H,2,9-10H2,1H3. The summed E-state index contributed by atoms with van der Waals surface area (Å²) in [7, 11) is 0. The number of fused-ring (bicyclic) bond motifs is 1. The van der Waals surface area contributed by atoms with Crippen LogP contribution < -0.4 is 10.3 Å². The van der Waals surface area contributed by atoms with Crippen molar-refractivity contribution in [2.45, 2.75) is 24.9 Å². The van der Waals surface area contributed by atoms with Gasteiger partial charge in [-0.3, -0.25) is 9.36 Å². The SMILES string of the molecule is CCSc1nc2nc(CO)ccc2c(=O)n1-c1ccc(OCC(F)(F)F)cc1. The van der Waals surface area contributed by atoms with Gasteiger partial charge in [0.2, 0.25) is 0 Å². The van der Waals surface area contributed by atoms with Crippen LogP contribution in [0.5, 0.6) is 5.75 Å². The number of halogens is 3. The fourth-order valence-corrected chi connectivity index (χ4v) is 3.21. The van der Waals surface area contributed by atoms with E-state index in [4.69, 9.17) is 4.74 Å². The molecule has 0 atom stereocenters. The number of rotatable bonds is 6. The van der Waals surface area contributed by atoms with Crippen LogP contribution in [0.15, 0.2) is 46.3 Å². The molecule has 3 aromatic rings. The highest BCUT2D eigenvalue weighted by molar-refractivity contribution is 7.99. The third kappa shape index (κ3) is 4.45. The van der Waals surface area contributed by atoms with Crippen LogP contribution in [0.2, 0.25) is 0 Å². The second kappa shape index (κ2) is 8.19. The van der Waals surface area contributed by atoms with Crippen molar-refractivity contribution in [1.29, 1.82) is 0 Å². The van der Waals surface area contributed by atoms with E-state index in [2.05, 4.69) is 9.97 Å². The van der Waals surface area contributed by atoms with Gasteiger partial charge in [-0.05, 0) is 42.2 Å².